The Hall–Kier alpha value is -2.17. The smallest absolute Gasteiger partial charge is 0.244 e. The highest BCUT2D eigenvalue weighted by molar-refractivity contribution is 6.30. The second-order valence-electron chi connectivity index (χ2n) is 6.50. The first-order chi connectivity index (χ1) is 12.6. The summed E-state index contributed by atoms with van der Waals surface area (Å²) in [5, 5.41) is 3.65. The minimum absolute atomic E-state index is 0.159. The van der Waals surface area contributed by atoms with E-state index in [2.05, 4.69) is 5.32 Å². The van der Waals surface area contributed by atoms with Gasteiger partial charge in [0.1, 0.15) is 5.82 Å². The lowest BCUT2D eigenvalue weighted by atomic mass is 9.74. The molecule has 2 aromatic rings. The summed E-state index contributed by atoms with van der Waals surface area (Å²) in [7, 11) is 0. The third-order valence-electron chi connectivity index (χ3n) is 4.80. The van der Waals surface area contributed by atoms with Gasteiger partial charge in [-0.15, -0.1) is 0 Å². The van der Waals surface area contributed by atoms with Gasteiger partial charge in [0.2, 0.25) is 5.91 Å². The Labute approximate surface area is 157 Å². The molecule has 1 aliphatic heterocycles. The number of hydrogen-bond donors (Lipinski definition) is 1. The molecule has 1 saturated heterocycles. The van der Waals surface area contributed by atoms with E-state index in [4.69, 9.17) is 16.3 Å². The molecule has 0 saturated carbocycles. The lowest BCUT2D eigenvalue weighted by molar-refractivity contribution is -0.116. The van der Waals surface area contributed by atoms with Crippen molar-refractivity contribution in [1.29, 1.82) is 0 Å². The molecule has 136 valence electrons. The molecular formula is C21H21ClFNO2. The molecule has 0 radical (unpaired) electrons. The summed E-state index contributed by atoms with van der Waals surface area (Å²) >= 11 is 5.86. The van der Waals surface area contributed by atoms with Gasteiger partial charge in [-0.05, 0) is 54.3 Å². The molecule has 0 atom stereocenters. The minimum atomic E-state index is -0.258. The van der Waals surface area contributed by atoms with Crippen molar-refractivity contribution in [3.8, 4) is 0 Å². The third-order valence-corrected chi connectivity index (χ3v) is 5.06. The zero-order valence-electron chi connectivity index (χ0n) is 14.4. The zero-order valence-corrected chi connectivity index (χ0v) is 15.1. The molecule has 0 aliphatic carbocycles. The molecular weight excluding hydrogens is 353 g/mol. The van der Waals surface area contributed by atoms with E-state index < -0.39 is 0 Å². The first-order valence-corrected chi connectivity index (χ1v) is 9.01. The quantitative estimate of drug-likeness (QED) is 0.791. The van der Waals surface area contributed by atoms with Crippen LogP contribution in [0.25, 0.3) is 6.08 Å². The van der Waals surface area contributed by atoms with Gasteiger partial charge in [0.05, 0.1) is 0 Å². The average Bonchev–Trinajstić information content (AvgIpc) is 2.67. The highest BCUT2D eigenvalue weighted by Crippen LogP contribution is 2.34. The Balaban J connectivity index is 1.66. The number of nitrogens with one attached hydrogen (secondary N) is 1. The standard InChI is InChI=1S/C21H21ClFNO2/c22-18-6-1-16(2-7-18)3-10-20(25)24-15-21(11-13-26-14-12-21)17-4-8-19(23)9-5-17/h1-10H,11-15H2,(H,24,25)/b10-3+. The first kappa shape index (κ1) is 18.6. The molecule has 1 heterocycles. The maximum Gasteiger partial charge on any atom is 0.244 e. The van der Waals surface area contributed by atoms with Crippen LogP contribution in [0.15, 0.2) is 54.6 Å². The van der Waals surface area contributed by atoms with E-state index in [0.29, 0.717) is 24.8 Å². The predicted octanol–water partition coefficient (Wildman–Crippen LogP) is 4.36. The predicted molar refractivity (Wildman–Crippen MR) is 102 cm³/mol. The van der Waals surface area contributed by atoms with Crippen LogP contribution >= 0.6 is 11.6 Å². The molecule has 5 heteroatoms. The van der Waals surface area contributed by atoms with Crippen molar-refractivity contribution in [3.05, 3.63) is 76.6 Å². The monoisotopic (exact) mass is 373 g/mol. The van der Waals surface area contributed by atoms with Crippen LogP contribution in [0.1, 0.15) is 24.0 Å². The van der Waals surface area contributed by atoms with Gasteiger partial charge in [0.25, 0.3) is 0 Å². The minimum Gasteiger partial charge on any atom is -0.381 e. The lowest BCUT2D eigenvalue weighted by Crippen LogP contribution is -2.44. The van der Waals surface area contributed by atoms with E-state index in [1.54, 1.807) is 30.3 Å². The van der Waals surface area contributed by atoms with E-state index in [-0.39, 0.29) is 17.1 Å². The van der Waals surface area contributed by atoms with Gasteiger partial charge in [-0.3, -0.25) is 4.79 Å². The molecule has 0 spiro atoms. The maximum absolute atomic E-state index is 13.3. The SMILES string of the molecule is O=C(/C=C/c1ccc(Cl)cc1)NCC1(c2ccc(F)cc2)CCOCC1. The summed E-state index contributed by atoms with van der Waals surface area (Å²) < 4.78 is 18.7. The van der Waals surface area contributed by atoms with Crippen molar-refractivity contribution in [3.63, 3.8) is 0 Å². The Morgan fingerprint density at radius 1 is 1.12 bits per heavy atom. The number of rotatable bonds is 5. The van der Waals surface area contributed by atoms with Crippen molar-refractivity contribution in [2.45, 2.75) is 18.3 Å². The summed E-state index contributed by atoms with van der Waals surface area (Å²) in [5.41, 5.74) is 1.71. The van der Waals surface area contributed by atoms with Crippen molar-refractivity contribution in [1.82, 2.24) is 5.32 Å². The summed E-state index contributed by atoms with van der Waals surface area (Å²) in [5.74, 6) is -0.418. The van der Waals surface area contributed by atoms with Crippen LogP contribution in [0.2, 0.25) is 5.02 Å². The number of halogens is 2. The van der Waals surface area contributed by atoms with E-state index >= 15 is 0 Å². The van der Waals surface area contributed by atoms with Gasteiger partial charge < -0.3 is 10.1 Å². The van der Waals surface area contributed by atoms with Crippen LogP contribution in [-0.2, 0) is 14.9 Å². The molecule has 1 aliphatic rings. The topological polar surface area (TPSA) is 38.3 Å². The Morgan fingerprint density at radius 3 is 2.42 bits per heavy atom. The highest BCUT2D eigenvalue weighted by Gasteiger charge is 2.34. The van der Waals surface area contributed by atoms with E-state index in [0.717, 1.165) is 24.0 Å². The van der Waals surface area contributed by atoms with Crippen molar-refractivity contribution in [2.24, 2.45) is 0 Å². The normalized spacial score (nSPS) is 16.5. The number of carbonyl (C=O) groups is 1. The van der Waals surface area contributed by atoms with Crippen LogP contribution in [-0.4, -0.2) is 25.7 Å². The number of hydrogen-bond acceptors (Lipinski definition) is 2. The maximum atomic E-state index is 13.3. The van der Waals surface area contributed by atoms with Gasteiger partial charge in [-0.25, -0.2) is 4.39 Å². The number of benzene rings is 2. The third kappa shape index (κ3) is 4.71. The van der Waals surface area contributed by atoms with Crippen molar-refractivity contribution >= 4 is 23.6 Å². The van der Waals surface area contributed by atoms with Crippen molar-refractivity contribution in [2.75, 3.05) is 19.8 Å². The van der Waals surface area contributed by atoms with Gasteiger partial charge in [0.15, 0.2) is 0 Å². The molecule has 26 heavy (non-hydrogen) atoms. The molecule has 3 rings (SSSR count). The Bertz CT molecular complexity index is 766. The fourth-order valence-corrected chi connectivity index (χ4v) is 3.32. The van der Waals surface area contributed by atoms with Crippen molar-refractivity contribution < 1.29 is 13.9 Å². The lowest BCUT2D eigenvalue weighted by Gasteiger charge is -2.37. The van der Waals surface area contributed by atoms with Gasteiger partial charge in [0, 0.05) is 36.3 Å². The Kier molecular flexibility index (Phi) is 6.07. The average molecular weight is 374 g/mol. The molecule has 0 bridgehead atoms. The fourth-order valence-electron chi connectivity index (χ4n) is 3.19. The second-order valence-corrected chi connectivity index (χ2v) is 6.94. The zero-order chi connectivity index (χ0) is 18.4. The first-order valence-electron chi connectivity index (χ1n) is 8.63. The van der Waals surface area contributed by atoms with Crippen LogP contribution in [0, 0.1) is 5.82 Å². The molecule has 0 unspecified atom stereocenters. The molecule has 0 aromatic heterocycles. The number of amides is 1. The van der Waals surface area contributed by atoms with E-state index in [1.165, 1.54) is 18.2 Å². The second kappa shape index (κ2) is 8.47. The highest BCUT2D eigenvalue weighted by atomic mass is 35.5. The van der Waals surface area contributed by atoms with Crippen LogP contribution < -0.4 is 5.32 Å². The van der Waals surface area contributed by atoms with Crippen LogP contribution in [0.5, 0.6) is 0 Å². The molecule has 2 aromatic carbocycles. The van der Waals surface area contributed by atoms with Crippen LogP contribution in [0.4, 0.5) is 4.39 Å². The molecule has 1 fully saturated rings. The molecule has 1 N–H and O–H groups in total. The van der Waals surface area contributed by atoms with Crippen LogP contribution in [0.3, 0.4) is 0 Å². The summed E-state index contributed by atoms with van der Waals surface area (Å²) in [4.78, 5) is 12.2. The number of ether oxygens (including phenoxy) is 1. The van der Waals surface area contributed by atoms with Gasteiger partial charge in [-0.2, -0.15) is 0 Å². The summed E-state index contributed by atoms with van der Waals surface area (Å²) in [6, 6.07) is 13.8. The largest absolute Gasteiger partial charge is 0.381 e. The Morgan fingerprint density at radius 2 is 1.77 bits per heavy atom. The van der Waals surface area contributed by atoms with Gasteiger partial charge in [-0.1, -0.05) is 35.9 Å². The summed E-state index contributed by atoms with van der Waals surface area (Å²) in [6.45, 7) is 1.76. The van der Waals surface area contributed by atoms with Gasteiger partial charge >= 0.3 is 0 Å². The fraction of sp³-hybridized carbons (Fsp3) is 0.286. The summed E-state index contributed by atoms with van der Waals surface area (Å²) in [6.07, 6.45) is 4.85. The molecule has 3 nitrogen and oxygen atoms in total. The van der Waals surface area contributed by atoms with E-state index in [9.17, 15) is 9.18 Å². The molecule has 1 amide bonds. The number of carbonyl (C=O) groups excluding carboxylic acids is 1. The van der Waals surface area contributed by atoms with E-state index in [1.807, 2.05) is 12.1 Å².